The van der Waals surface area contributed by atoms with Crippen molar-refractivity contribution in [3.63, 3.8) is 0 Å². The normalized spacial score (nSPS) is 16.4. The van der Waals surface area contributed by atoms with Crippen LogP contribution in [0.15, 0.2) is 0 Å². The molecule has 1 heterocycles. The van der Waals surface area contributed by atoms with Gasteiger partial charge in [0, 0.05) is 26.2 Å². The fourth-order valence-electron chi connectivity index (χ4n) is 2.08. The molecule has 5 heteroatoms. The van der Waals surface area contributed by atoms with E-state index in [2.05, 4.69) is 0 Å². The largest absolute Gasteiger partial charge is 0.481 e. The van der Waals surface area contributed by atoms with Crippen LogP contribution in [0.4, 0.5) is 4.79 Å². The van der Waals surface area contributed by atoms with E-state index in [0.717, 1.165) is 25.9 Å². The van der Waals surface area contributed by atoms with Gasteiger partial charge in [-0.3, -0.25) is 4.79 Å². The van der Waals surface area contributed by atoms with Gasteiger partial charge >= 0.3 is 12.0 Å². The van der Waals surface area contributed by atoms with Gasteiger partial charge in [-0.2, -0.15) is 0 Å². The fourth-order valence-corrected chi connectivity index (χ4v) is 2.08. The molecule has 1 aliphatic rings. The second kappa shape index (κ2) is 7.14. The maximum absolute atomic E-state index is 12.2. The summed E-state index contributed by atoms with van der Waals surface area (Å²) in [7, 11) is 0. The maximum atomic E-state index is 12.2. The van der Waals surface area contributed by atoms with Gasteiger partial charge in [0.05, 0.1) is 6.42 Å². The zero-order chi connectivity index (χ0) is 12.7. The number of carbonyl (C=O) groups is 2. The van der Waals surface area contributed by atoms with Gasteiger partial charge in [-0.1, -0.05) is 12.8 Å². The molecule has 0 radical (unpaired) electrons. The van der Waals surface area contributed by atoms with Crippen LogP contribution in [0.2, 0.25) is 0 Å². The predicted molar refractivity (Wildman–Crippen MR) is 64.9 cm³/mol. The van der Waals surface area contributed by atoms with Gasteiger partial charge < -0.3 is 14.9 Å². The second-order valence-electron chi connectivity index (χ2n) is 4.41. The first-order valence-corrected chi connectivity index (χ1v) is 6.40. The predicted octanol–water partition coefficient (Wildman–Crippen LogP) is 1.78. The Bertz CT molecular complexity index is 260. The Morgan fingerprint density at radius 3 is 2.24 bits per heavy atom. The van der Waals surface area contributed by atoms with E-state index in [4.69, 9.17) is 5.11 Å². The minimum atomic E-state index is -0.855. The molecule has 5 nitrogen and oxygen atoms in total. The van der Waals surface area contributed by atoms with E-state index in [1.165, 1.54) is 12.8 Å². The maximum Gasteiger partial charge on any atom is 0.320 e. The third-order valence-electron chi connectivity index (χ3n) is 3.12. The molecular formula is C12H22N2O3. The van der Waals surface area contributed by atoms with E-state index in [1.54, 1.807) is 4.90 Å². The summed E-state index contributed by atoms with van der Waals surface area (Å²) in [6.07, 6.45) is 4.51. The van der Waals surface area contributed by atoms with Crippen LogP contribution in [-0.4, -0.2) is 53.1 Å². The van der Waals surface area contributed by atoms with Crippen molar-refractivity contribution < 1.29 is 14.7 Å². The van der Waals surface area contributed by atoms with Crippen molar-refractivity contribution >= 4 is 12.0 Å². The lowest BCUT2D eigenvalue weighted by Crippen LogP contribution is -2.44. The number of aliphatic carboxylic acids is 1. The number of nitrogens with zero attached hydrogens (tertiary/aromatic N) is 2. The first kappa shape index (κ1) is 13.8. The first-order chi connectivity index (χ1) is 8.15. The molecule has 1 rings (SSSR count). The van der Waals surface area contributed by atoms with E-state index in [0.29, 0.717) is 13.1 Å². The molecule has 0 spiro atoms. The monoisotopic (exact) mass is 242 g/mol. The van der Waals surface area contributed by atoms with Gasteiger partial charge in [0.25, 0.3) is 0 Å². The number of hydrogen-bond donors (Lipinski definition) is 1. The highest BCUT2D eigenvalue weighted by atomic mass is 16.4. The van der Waals surface area contributed by atoms with E-state index in [-0.39, 0.29) is 12.5 Å². The van der Waals surface area contributed by atoms with Crippen molar-refractivity contribution in [2.75, 3.05) is 26.2 Å². The summed E-state index contributed by atoms with van der Waals surface area (Å²) in [5.74, 6) is -0.855. The summed E-state index contributed by atoms with van der Waals surface area (Å²) < 4.78 is 0. The molecule has 1 fully saturated rings. The van der Waals surface area contributed by atoms with Gasteiger partial charge in [0.2, 0.25) is 0 Å². The Kier molecular flexibility index (Phi) is 5.80. The Hall–Kier alpha value is -1.26. The Morgan fingerprint density at radius 2 is 1.76 bits per heavy atom. The average molecular weight is 242 g/mol. The highest BCUT2D eigenvalue weighted by Crippen LogP contribution is 2.11. The Balaban J connectivity index is 2.48. The number of carbonyl (C=O) groups excluding carboxylic acids is 1. The molecular weight excluding hydrogens is 220 g/mol. The molecule has 1 N–H and O–H groups in total. The summed E-state index contributed by atoms with van der Waals surface area (Å²) in [6, 6.07) is -0.00403. The highest BCUT2D eigenvalue weighted by molar-refractivity contribution is 5.75. The van der Waals surface area contributed by atoms with E-state index >= 15 is 0 Å². The lowest BCUT2D eigenvalue weighted by molar-refractivity contribution is -0.137. The van der Waals surface area contributed by atoms with Crippen molar-refractivity contribution in [2.45, 2.75) is 39.0 Å². The van der Waals surface area contributed by atoms with Gasteiger partial charge in [-0.15, -0.1) is 0 Å². The molecule has 0 atom stereocenters. The summed E-state index contributed by atoms with van der Waals surface area (Å²) in [6.45, 7) is 4.38. The molecule has 0 aromatic rings. The topological polar surface area (TPSA) is 60.9 Å². The van der Waals surface area contributed by atoms with Crippen molar-refractivity contribution in [2.24, 2.45) is 0 Å². The van der Waals surface area contributed by atoms with Crippen molar-refractivity contribution in [3.05, 3.63) is 0 Å². The molecule has 1 aliphatic heterocycles. The molecule has 0 aromatic heterocycles. The van der Waals surface area contributed by atoms with Crippen LogP contribution in [0.25, 0.3) is 0 Å². The van der Waals surface area contributed by atoms with Crippen LogP contribution in [0.1, 0.15) is 39.0 Å². The molecule has 0 unspecified atom stereocenters. The van der Waals surface area contributed by atoms with Crippen LogP contribution in [0.5, 0.6) is 0 Å². The highest BCUT2D eigenvalue weighted by Gasteiger charge is 2.20. The van der Waals surface area contributed by atoms with E-state index in [9.17, 15) is 9.59 Å². The zero-order valence-electron chi connectivity index (χ0n) is 10.5. The Labute approximate surface area is 102 Å². The van der Waals surface area contributed by atoms with Gasteiger partial charge in [-0.05, 0) is 19.8 Å². The third kappa shape index (κ3) is 4.63. The molecule has 17 heavy (non-hydrogen) atoms. The quantitative estimate of drug-likeness (QED) is 0.817. The summed E-state index contributed by atoms with van der Waals surface area (Å²) in [5, 5.41) is 8.64. The minimum Gasteiger partial charge on any atom is -0.481 e. The number of carboxylic acid groups (broad SMARTS) is 1. The molecule has 2 amide bonds. The molecule has 1 saturated heterocycles. The average Bonchev–Trinajstić information content (AvgIpc) is 2.57. The smallest absolute Gasteiger partial charge is 0.320 e. The lowest BCUT2D eigenvalue weighted by Gasteiger charge is -2.28. The summed E-state index contributed by atoms with van der Waals surface area (Å²) in [5.41, 5.74) is 0. The molecule has 0 aliphatic carbocycles. The van der Waals surface area contributed by atoms with Crippen molar-refractivity contribution in [1.29, 1.82) is 0 Å². The molecule has 0 bridgehead atoms. The van der Waals surface area contributed by atoms with Gasteiger partial charge in [-0.25, -0.2) is 4.79 Å². The number of likely N-dealkylation sites (tertiary alicyclic amines) is 1. The molecule has 98 valence electrons. The third-order valence-corrected chi connectivity index (χ3v) is 3.12. The molecule has 0 aromatic carbocycles. The second-order valence-corrected chi connectivity index (χ2v) is 4.41. The number of rotatable bonds is 4. The van der Waals surface area contributed by atoms with Crippen LogP contribution < -0.4 is 0 Å². The van der Waals surface area contributed by atoms with Crippen LogP contribution in [0.3, 0.4) is 0 Å². The van der Waals surface area contributed by atoms with Crippen LogP contribution >= 0.6 is 0 Å². The van der Waals surface area contributed by atoms with Crippen LogP contribution in [-0.2, 0) is 4.79 Å². The SMILES string of the molecule is CCN(CCC(=O)O)C(=O)N1CCCCCC1. The lowest BCUT2D eigenvalue weighted by atomic mass is 10.2. The zero-order valence-corrected chi connectivity index (χ0v) is 10.5. The van der Waals surface area contributed by atoms with Gasteiger partial charge in [0.15, 0.2) is 0 Å². The standard InChI is InChI=1S/C12H22N2O3/c1-2-13(10-7-11(15)16)12(17)14-8-5-3-4-6-9-14/h2-10H2,1H3,(H,15,16). The van der Waals surface area contributed by atoms with Crippen molar-refractivity contribution in [3.8, 4) is 0 Å². The van der Waals surface area contributed by atoms with E-state index in [1.807, 2.05) is 11.8 Å². The van der Waals surface area contributed by atoms with Gasteiger partial charge in [0.1, 0.15) is 0 Å². The number of hydrogen-bond acceptors (Lipinski definition) is 2. The number of urea groups is 1. The number of amides is 2. The summed E-state index contributed by atoms with van der Waals surface area (Å²) >= 11 is 0. The molecule has 0 saturated carbocycles. The first-order valence-electron chi connectivity index (χ1n) is 6.40. The van der Waals surface area contributed by atoms with Crippen LogP contribution in [0, 0.1) is 0 Å². The summed E-state index contributed by atoms with van der Waals surface area (Å²) in [4.78, 5) is 26.2. The van der Waals surface area contributed by atoms with E-state index < -0.39 is 5.97 Å². The number of carboxylic acids is 1. The fraction of sp³-hybridized carbons (Fsp3) is 0.833. The van der Waals surface area contributed by atoms with Crippen molar-refractivity contribution in [1.82, 2.24) is 9.80 Å². The minimum absolute atomic E-state index is 0.00403. The Morgan fingerprint density at radius 1 is 1.18 bits per heavy atom.